The zero-order valence-corrected chi connectivity index (χ0v) is 13.9. The van der Waals surface area contributed by atoms with E-state index in [9.17, 15) is 0 Å². The van der Waals surface area contributed by atoms with Gasteiger partial charge in [-0.25, -0.2) is 0 Å². The Balaban J connectivity index is 1.75. The topological polar surface area (TPSA) is 18.5 Å². The maximum Gasteiger partial charge on any atom is 0.125 e. The quantitative estimate of drug-likeness (QED) is 0.743. The van der Waals surface area contributed by atoms with Gasteiger partial charge in [0.05, 0.1) is 19.1 Å². The van der Waals surface area contributed by atoms with E-state index in [0.29, 0.717) is 19.1 Å². The molecule has 0 saturated carbocycles. The van der Waals surface area contributed by atoms with Gasteiger partial charge in [-0.2, -0.15) is 0 Å². The van der Waals surface area contributed by atoms with Crippen LogP contribution in [0.1, 0.15) is 28.2 Å². The molecule has 110 valence electrons. The van der Waals surface area contributed by atoms with Gasteiger partial charge in [-0.05, 0) is 36.6 Å². The Hall–Kier alpha value is -1.48. The van der Waals surface area contributed by atoms with E-state index in [2.05, 4.69) is 54.0 Å². The molecule has 21 heavy (non-hydrogen) atoms. The van der Waals surface area contributed by atoms with Gasteiger partial charge in [-0.3, -0.25) is 0 Å². The number of aryl methyl sites for hydroxylation is 2. The van der Waals surface area contributed by atoms with Crippen LogP contribution in [0.25, 0.3) is 0 Å². The van der Waals surface area contributed by atoms with Crippen LogP contribution in [0.5, 0.6) is 11.5 Å². The highest BCUT2D eigenvalue weighted by Crippen LogP contribution is 2.34. The fourth-order valence-corrected chi connectivity index (χ4v) is 3.22. The Morgan fingerprint density at radius 3 is 2.62 bits per heavy atom. The first-order chi connectivity index (χ1) is 10.2. The molecule has 2 nitrogen and oxygen atoms in total. The van der Waals surface area contributed by atoms with Gasteiger partial charge in [0, 0.05) is 10.9 Å². The van der Waals surface area contributed by atoms with Crippen LogP contribution in [0, 0.1) is 13.8 Å². The molecular formula is C18H19BrO2. The number of fused-ring (bicyclic) bond motifs is 1. The number of para-hydroxylation sites is 1. The van der Waals surface area contributed by atoms with Crippen molar-refractivity contribution in [2.24, 2.45) is 0 Å². The number of alkyl halides is 1. The monoisotopic (exact) mass is 346 g/mol. The Morgan fingerprint density at radius 1 is 1.19 bits per heavy atom. The number of halogens is 1. The summed E-state index contributed by atoms with van der Waals surface area (Å²) in [5, 5.41) is 0.874. The van der Waals surface area contributed by atoms with E-state index in [4.69, 9.17) is 9.47 Å². The molecule has 1 aliphatic heterocycles. The van der Waals surface area contributed by atoms with Crippen LogP contribution in [0.4, 0.5) is 0 Å². The number of ether oxygens (including phenoxy) is 2. The summed E-state index contributed by atoms with van der Waals surface area (Å²) in [6.45, 7) is 5.57. The molecule has 1 heterocycles. The van der Waals surface area contributed by atoms with E-state index in [1.54, 1.807) is 0 Å². The molecule has 0 fully saturated rings. The van der Waals surface area contributed by atoms with E-state index in [1.165, 1.54) is 22.3 Å². The first kappa shape index (κ1) is 14.5. The van der Waals surface area contributed by atoms with Crippen LogP contribution in [-0.4, -0.2) is 13.2 Å². The minimum atomic E-state index is 0.316. The fraction of sp³-hybridized carbons (Fsp3) is 0.333. The fourth-order valence-electron chi connectivity index (χ4n) is 2.90. The first-order valence-electron chi connectivity index (χ1n) is 7.19. The van der Waals surface area contributed by atoms with Crippen LogP contribution in [0.15, 0.2) is 36.4 Å². The molecule has 0 amide bonds. The molecule has 0 aromatic heterocycles. The highest BCUT2D eigenvalue weighted by atomic mass is 79.9. The minimum absolute atomic E-state index is 0.316. The number of rotatable bonds is 4. The van der Waals surface area contributed by atoms with Crippen molar-refractivity contribution < 1.29 is 9.47 Å². The second kappa shape index (κ2) is 6.10. The van der Waals surface area contributed by atoms with Crippen molar-refractivity contribution in [1.82, 2.24) is 0 Å². The minimum Gasteiger partial charge on any atom is -0.493 e. The van der Waals surface area contributed by atoms with Crippen molar-refractivity contribution in [2.45, 2.75) is 25.1 Å². The predicted molar refractivity (Wildman–Crippen MR) is 88.7 cm³/mol. The Kier molecular flexibility index (Phi) is 4.20. The van der Waals surface area contributed by atoms with Crippen LogP contribution in [-0.2, 0) is 5.33 Å². The molecule has 3 heteroatoms. The lowest BCUT2D eigenvalue weighted by Crippen LogP contribution is -2.12. The molecule has 1 aliphatic rings. The van der Waals surface area contributed by atoms with Gasteiger partial charge in [-0.1, -0.05) is 46.3 Å². The van der Waals surface area contributed by atoms with Crippen molar-refractivity contribution in [1.29, 1.82) is 0 Å². The predicted octanol–water partition coefficient (Wildman–Crippen LogP) is 4.75. The van der Waals surface area contributed by atoms with Gasteiger partial charge < -0.3 is 9.47 Å². The standard InChI is InChI=1S/C18H19BrO2/c1-12-7-14(9-19)8-13(2)18(12)21-11-15-10-20-17-6-4-3-5-16(15)17/h3-8,15H,9-11H2,1-2H3. The smallest absolute Gasteiger partial charge is 0.125 e. The summed E-state index contributed by atoms with van der Waals surface area (Å²) in [4.78, 5) is 0. The molecule has 0 N–H and O–H groups in total. The second-order valence-electron chi connectivity index (χ2n) is 5.55. The van der Waals surface area contributed by atoms with Gasteiger partial charge in [0.1, 0.15) is 11.5 Å². The lowest BCUT2D eigenvalue weighted by Gasteiger charge is -2.16. The average Bonchev–Trinajstić information content (AvgIpc) is 2.89. The third kappa shape index (κ3) is 2.93. The number of hydrogen-bond donors (Lipinski definition) is 0. The number of hydrogen-bond acceptors (Lipinski definition) is 2. The van der Waals surface area contributed by atoms with Crippen molar-refractivity contribution in [3.8, 4) is 11.5 Å². The molecule has 3 rings (SSSR count). The summed E-state index contributed by atoms with van der Waals surface area (Å²) >= 11 is 3.50. The van der Waals surface area contributed by atoms with Crippen molar-refractivity contribution in [3.63, 3.8) is 0 Å². The molecule has 0 bridgehead atoms. The number of benzene rings is 2. The molecule has 1 unspecified atom stereocenters. The summed E-state index contributed by atoms with van der Waals surface area (Å²) < 4.78 is 11.8. The summed E-state index contributed by atoms with van der Waals surface area (Å²) in [5.74, 6) is 2.31. The SMILES string of the molecule is Cc1cc(CBr)cc(C)c1OCC1COc2ccccc21. The molecule has 1 atom stereocenters. The van der Waals surface area contributed by atoms with E-state index < -0.39 is 0 Å². The van der Waals surface area contributed by atoms with Gasteiger partial charge in [0.15, 0.2) is 0 Å². The maximum absolute atomic E-state index is 6.11. The zero-order chi connectivity index (χ0) is 14.8. The Morgan fingerprint density at radius 2 is 1.90 bits per heavy atom. The largest absolute Gasteiger partial charge is 0.493 e. The molecule has 2 aromatic rings. The zero-order valence-electron chi connectivity index (χ0n) is 12.4. The molecule has 0 saturated heterocycles. The van der Waals surface area contributed by atoms with Gasteiger partial charge in [0.25, 0.3) is 0 Å². The van der Waals surface area contributed by atoms with E-state index in [0.717, 1.165) is 16.8 Å². The third-order valence-electron chi connectivity index (χ3n) is 3.90. The van der Waals surface area contributed by atoms with Gasteiger partial charge in [-0.15, -0.1) is 0 Å². The van der Waals surface area contributed by atoms with E-state index in [-0.39, 0.29) is 0 Å². The van der Waals surface area contributed by atoms with Crippen molar-refractivity contribution >= 4 is 15.9 Å². The van der Waals surface area contributed by atoms with Gasteiger partial charge in [0.2, 0.25) is 0 Å². The van der Waals surface area contributed by atoms with Crippen molar-refractivity contribution in [3.05, 3.63) is 58.7 Å². The average molecular weight is 347 g/mol. The Labute approximate surface area is 134 Å². The highest BCUT2D eigenvalue weighted by molar-refractivity contribution is 9.08. The summed E-state index contributed by atoms with van der Waals surface area (Å²) in [6, 6.07) is 12.6. The van der Waals surface area contributed by atoms with Gasteiger partial charge >= 0.3 is 0 Å². The summed E-state index contributed by atoms with van der Waals surface area (Å²) in [5.41, 5.74) is 4.92. The van der Waals surface area contributed by atoms with Crippen molar-refractivity contribution in [2.75, 3.05) is 13.2 Å². The lowest BCUT2D eigenvalue weighted by molar-refractivity contribution is 0.246. The maximum atomic E-state index is 6.11. The van der Waals surface area contributed by atoms with E-state index >= 15 is 0 Å². The summed E-state index contributed by atoms with van der Waals surface area (Å²) in [7, 11) is 0. The van der Waals surface area contributed by atoms with E-state index in [1.807, 2.05) is 12.1 Å². The van der Waals surface area contributed by atoms with Crippen LogP contribution < -0.4 is 9.47 Å². The first-order valence-corrected chi connectivity index (χ1v) is 8.32. The third-order valence-corrected chi connectivity index (χ3v) is 4.55. The van der Waals surface area contributed by atoms with Crippen LogP contribution in [0.2, 0.25) is 0 Å². The second-order valence-corrected chi connectivity index (χ2v) is 6.11. The van der Waals surface area contributed by atoms with Crippen LogP contribution in [0.3, 0.4) is 0 Å². The molecule has 0 radical (unpaired) electrons. The summed E-state index contributed by atoms with van der Waals surface area (Å²) in [6.07, 6.45) is 0. The normalized spacial score (nSPS) is 16.4. The lowest BCUT2D eigenvalue weighted by atomic mass is 10.0. The molecule has 0 aliphatic carbocycles. The molecular weight excluding hydrogens is 328 g/mol. The Bertz CT molecular complexity index is 628. The highest BCUT2D eigenvalue weighted by Gasteiger charge is 2.24. The van der Waals surface area contributed by atoms with Crippen LogP contribution >= 0.6 is 15.9 Å². The molecule has 2 aromatic carbocycles. The molecule has 0 spiro atoms.